The Balaban J connectivity index is 1.58. The average Bonchev–Trinajstić information content (AvgIpc) is 3.29. The number of aromatic amines is 1. The number of thioether (sulfide) groups is 2. The maximum absolute atomic E-state index is 4.34. The molecular formula is C20H36N2S2. The number of aryl methyl sites for hydroxylation is 1. The minimum absolute atomic E-state index is 0.883. The van der Waals surface area contributed by atoms with Crippen LogP contribution in [0.3, 0.4) is 0 Å². The molecule has 2 nitrogen and oxygen atoms in total. The van der Waals surface area contributed by atoms with E-state index in [1.165, 1.54) is 82.1 Å². The summed E-state index contributed by atoms with van der Waals surface area (Å²) in [6.07, 6.45) is 20.5. The van der Waals surface area contributed by atoms with Gasteiger partial charge in [0.25, 0.3) is 0 Å². The highest BCUT2D eigenvalue weighted by molar-refractivity contribution is 8.20. The molecular weight excluding hydrogens is 332 g/mol. The SMILES string of the molecule is CCCCCCCCCC(CCCCc1ncc[nH]1)C1SCCS1. The van der Waals surface area contributed by atoms with Crippen LogP contribution in [0.25, 0.3) is 0 Å². The van der Waals surface area contributed by atoms with Gasteiger partial charge in [0.05, 0.1) is 4.58 Å². The Kier molecular flexibility index (Phi) is 11.1. The van der Waals surface area contributed by atoms with Crippen molar-refractivity contribution in [3.63, 3.8) is 0 Å². The van der Waals surface area contributed by atoms with Gasteiger partial charge in [0.1, 0.15) is 5.82 Å². The van der Waals surface area contributed by atoms with Crippen LogP contribution in [0, 0.1) is 5.92 Å². The smallest absolute Gasteiger partial charge is 0.105 e. The Labute approximate surface area is 157 Å². The summed E-state index contributed by atoms with van der Waals surface area (Å²) in [6.45, 7) is 2.30. The number of imidazole rings is 1. The fourth-order valence-corrected chi connectivity index (χ4v) is 6.85. The normalized spacial score (nSPS) is 16.7. The van der Waals surface area contributed by atoms with E-state index < -0.39 is 0 Å². The summed E-state index contributed by atoms with van der Waals surface area (Å²) in [6, 6.07) is 0. The summed E-state index contributed by atoms with van der Waals surface area (Å²) in [5.74, 6) is 4.84. The van der Waals surface area contributed by atoms with E-state index >= 15 is 0 Å². The summed E-state index contributed by atoms with van der Waals surface area (Å²) in [4.78, 5) is 7.56. The Morgan fingerprint density at radius 3 is 2.33 bits per heavy atom. The Bertz CT molecular complexity index is 388. The van der Waals surface area contributed by atoms with Crippen molar-refractivity contribution in [2.24, 2.45) is 5.92 Å². The zero-order valence-corrected chi connectivity index (χ0v) is 17.1. The molecule has 0 radical (unpaired) electrons. The predicted molar refractivity (Wildman–Crippen MR) is 111 cm³/mol. The number of rotatable bonds is 14. The monoisotopic (exact) mass is 368 g/mol. The highest BCUT2D eigenvalue weighted by Gasteiger charge is 2.25. The molecule has 0 aromatic carbocycles. The van der Waals surface area contributed by atoms with Gasteiger partial charge in [-0.15, -0.1) is 23.5 Å². The lowest BCUT2D eigenvalue weighted by molar-refractivity contribution is 0.432. The number of hydrogen-bond acceptors (Lipinski definition) is 3. The fraction of sp³-hybridized carbons (Fsp3) is 0.850. The molecule has 2 heterocycles. The first kappa shape index (κ1) is 20.2. The highest BCUT2D eigenvalue weighted by Crippen LogP contribution is 2.41. The van der Waals surface area contributed by atoms with E-state index in [1.54, 1.807) is 0 Å². The van der Waals surface area contributed by atoms with Crippen LogP contribution in [-0.4, -0.2) is 26.1 Å². The zero-order valence-electron chi connectivity index (χ0n) is 15.5. The molecule has 24 heavy (non-hydrogen) atoms. The van der Waals surface area contributed by atoms with Crippen molar-refractivity contribution in [1.82, 2.24) is 9.97 Å². The standard InChI is InChI=1S/C20H36N2S2/c1-2-3-4-5-6-7-8-11-18(20-23-16-17-24-20)12-9-10-13-19-21-14-15-22-19/h14-15,18,20H,2-13,16-17H2,1H3,(H,21,22). The molecule has 0 amide bonds. The van der Waals surface area contributed by atoms with E-state index in [4.69, 9.17) is 0 Å². The fourth-order valence-electron chi connectivity index (χ4n) is 3.56. The van der Waals surface area contributed by atoms with Gasteiger partial charge in [-0.05, 0) is 25.2 Å². The molecule has 0 saturated carbocycles. The minimum Gasteiger partial charge on any atom is -0.349 e. The summed E-state index contributed by atoms with van der Waals surface area (Å²) < 4.78 is 0.883. The van der Waals surface area contributed by atoms with E-state index in [0.717, 1.165) is 22.7 Å². The molecule has 1 aromatic rings. The van der Waals surface area contributed by atoms with Crippen LogP contribution in [0.5, 0.6) is 0 Å². The van der Waals surface area contributed by atoms with Crippen LogP contribution in [-0.2, 0) is 6.42 Å². The first-order valence-electron chi connectivity index (χ1n) is 10.1. The van der Waals surface area contributed by atoms with Crippen molar-refractivity contribution in [1.29, 1.82) is 0 Å². The molecule has 1 aliphatic heterocycles. The molecule has 2 rings (SSSR count). The van der Waals surface area contributed by atoms with E-state index in [9.17, 15) is 0 Å². The second kappa shape index (κ2) is 13.2. The lowest BCUT2D eigenvalue weighted by Crippen LogP contribution is -2.12. The Morgan fingerprint density at radius 1 is 1.00 bits per heavy atom. The number of H-pyrrole nitrogens is 1. The summed E-state index contributed by atoms with van der Waals surface area (Å²) in [5, 5.41) is 0. The third-order valence-corrected chi connectivity index (χ3v) is 8.39. The van der Waals surface area contributed by atoms with Crippen molar-refractivity contribution in [2.75, 3.05) is 11.5 Å². The molecule has 0 aliphatic carbocycles. The van der Waals surface area contributed by atoms with Gasteiger partial charge in [-0.1, -0.05) is 58.3 Å². The third kappa shape index (κ3) is 8.33. The molecule has 1 fully saturated rings. The van der Waals surface area contributed by atoms with Crippen molar-refractivity contribution < 1.29 is 0 Å². The second-order valence-electron chi connectivity index (χ2n) is 7.06. The van der Waals surface area contributed by atoms with Crippen LogP contribution in [0.4, 0.5) is 0 Å². The molecule has 1 saturated heterocycles. The van der Waals surface area contributed by atoms with Crippen molar-refractivity contribution in [2.45, 2.75) is 88.6 Å². The first-order valence-corrected chi connectivity index (χ1v) is 12.2. The number of unbranched alkanes of at least 4 members (excludes halogenated alkanes) is 7. The molecule has 0 bridgehead atoms. The maximum atomic E-state index is 4.34. The summed E-state index contributed by atoms with van der Waals surface area (Å²) in [7, 11) is 0. The number of hydrogen-bond donors (Lipinski definition) is 1. The number of nitrogens with one attached hydrogen (secondary N) is 1. The van der Waals surface area contributed by atoms with Gasteiger partial charge >= 0.3 is 0 Å². The van der Waals surface area contributed by atoms with Gasteiger partial charge in [-0.2, -0.15) is 0 Å². The van der Waals surface area contributed by atoms with Gasteiger partial charge in [0, 0.05) is 30.3 Å². The van der Waals surface area contributed by atoms with E-state index in [2.05, 4.69) is 40.4 Å². The Morgan fingerprint density at radius 2 is 1.67 bits per heavy atom. The largest absolute Gasteiger partial charge is 0.349 e. The number of nitrogens with zero attached hydrogens (tertiary/aromatic N) is 1. The van der Waals surface area contributed by atoms with Crippen molar-refractivity contribution in [3.8, 4) is 0 Å². The van der Waals surface area contributed by atoms with Crippen LogP contribution in [0.15, 0.2) is 12.4 Å². The van der Waals surface area contributed by atoms with Gasteiger partial charge in [-0.3, -0.25) is 0 Å². The molecule has 1 N–H and O–H groups in total. The second-order valence-corrected chi connectivity index (χ2v) is 9.86. The van der Waals surface area contributed by atoms with E-state index in [0.29, 0.717) is 0 Å². The average molecular weight is 369 g/mol. The topological polar surface area (TPSA) is 28.7 Å². The lowest BCUT2D eigenvalue weighted by atomic mass is 9.95. The lowest BCUT2D eigenvalue weighted by Gasteiger charge is -2.22. The first-order chi connectivity index (χ1) is 11.9. The van der Waals surface area contributed by atoms with Crippen LogP contribution < -0.4 is 0 Å². The van der Waals surface area contributed by atoms with E-state index in [-0.39, 0.29) is 0 Å². The molecule has 1 aliphatic rings. The molecule has 1 unspecified atom stereocenters. The summed E-state index contributed by atoms with van der Waals surface area (Å²) in [5.41, 5.74) is 0. The summed E-state index contributed by atoms with van der Waals surface area (Å²) >= 11 is 4.45. The molecule has 1 aromatic heterocycles. The van der Waals surface area contributed by atoms with Crippen LogP contribution in [0.2, 0.25) is 0 Å². The quantitative estimate of drug-likeness (QED) is 0.371. The predicted octanol–water partition coefficient (Wildman–Crippen LogP) is 6.69. The maximum Gasteiger partial charge on any atom is 0.105 e. The van der Waals surface area contributed by atoms with Gasteiger partial charge < -0.3 is 4.98 Å². The third-order valence-electron chi connectivity index (χ3n) is 5.00. The van der Waals surface area contributed by atoms with Crippen LogP contribution in [0.1, 0.15) is 83.4 Å². The van der Waals surface area contributed by atoms with E-state index in [1.807, 2.05) is 12.4 Å². The molecule has 4 heteroatoms. The zero-order chi connectivity index (χ0) is 16.9. The van der Waals surface area contributed by atoms with Crippen molar-refractivity contribution >= 4 is 23.5 Å². The molecule has 1 atom stereocenters. The molecule has 0 spiro atoms. The highest BCUT2D eigenvalue weighted by atomic mass is 32.2. The van der Waals surface area contributed by atoms with Gasteiger partial charge in [-0.25, -0.2) is 4.98 Å². The van der Waals surface area contributed by atoms with Gasteiger partial charge in [0.15, 0.2) is 0 Å². The Hall–Kier alpha value is -0.0900. The van der Waals surface area contributed by atoms with Gasteiger partial charge in [0.2, 0.25) is 0 Å². The molecule has 138 valence electrons. The van der Waals surface area contributed by atoms with Crippen LogP contribution >= 0.6 is 23.5 Å². The minimum atomic E-state index is 0.883. The van der Waals surface area contributed by atoms with Crippen molar-refractivity contribution in [3.05, 3.63) is 18.2 Å². The number of aromatic nitrogens is 2.